The predicted octanol–water partition coefficient (Wildman–Crippen LogP) is 5.61. The molecule has 0 spiro atoms. The molecule has 0 radical (unpaired) electrons. The fourth-order valence-electron chi connectivity index (χ4n) is 3.76. The smallest absolute Gasteiger partial charge is 0.335 e. The Morgan fingerprint density at radius 3 is 1.88 bits per heavy atom. The zero-order valence-corrected chi connectivity index (χ0v) is 23.1. The van der Waals surface area contributed by atoms with E-state index in [1.807, 2.05) is 72.8 Å². The zero-order valence-electron chi connectivity index (χ0n) is 23.1. The SMILES string of the molecule is N/C(=C\C(=C/C/C=C/c1ccccc1)C(=O)O)C/C=C(\C=C(/N)c1cc(C(=O)O)cc(/C=C/c2ccccc2)n1)C(=O)O. The van der Waals surface area contributed by atoms with Crippen molar-refractivity contribution in [3.63, 3.8) is 0 Å². The minimum absolute atomic E-state index is 0.0404. The molecule has 9 heteroatoms. The maximum atomic E-state index is 11.9. The molecule has 0 fully saturated rings. The fourth-order valence-corrected chi connectivity index (χ4v) is 3.76. The molecular weight excluding hydrogens is 546 g/mol. The minimum Gasteiger partial charge on any atom is -0.478 e. The second-order valence-corrected chi connectivity index (χ2v) is 9.22. The van der Waals surface area contributed by atoms with Crippen molar-refractivity contribution in [1.82, 2.24) is 4.98 Å². The fraction of sp³-hybridized carbons (Fsp3) is 0.0588. The molecule has 0 aliphatic rings. The van der Waals surface area contributed by atoms with Crippen molar-refractivity contribution in [2.75, 3.05) is 0 Å². The van der Waals surface area contributed by atoms with Gasteiger partial charge < -0.3 is 26.8 Å². The van der Waals surface area contributed by atoms with Crippen LogP contribution >= 0.6 is 0 Å². The highest BCUT2D eigenvalue weighted by Gasteiger charge is 2.12. The first-order valence-corrected chi connectivity index (χ1v) is 13.1. The number of benzene rings is 2. The number of hydrogen-bond acceptors (Lipinski definition) is 6. The van der Waals surface area contributed by atoms with Crippen LogP contribution in [0.3, 0.4) is 0 Å². The molecule has 0 unspecified atom stereocenters. The molecule has 3 rings (SSSR count). The molecule has 2 aromatic carbocycles. The highest BCUT2D eigenvalue weighted by Crippen LogP contribution is 2.17. The molecule has 0 bridgehead atoms. The third-order valence-corrected chi connectivity index (χ3v) is 5.92. The van der Waals surface area contributed by atoms with Crippen LogP contribution in [0.1, 0.15) is 45.7 Å². The van der Waals surface area contributed by atoms with E-state index in [4.69, 9.17) is 11.5 Å². The number of nitrogens with zero attached hydrogens (tertiary/aromatic N) is 1. The molecule has 0 saturated heterocycles. The molecule has 0 atom stereocenters. The average molecular weight is 578 g/mol. The summed E-state index contributed by atoms with van der Waals surface area (Å²) < 4.78 is 0. The highest BCUT2D eigenvalue weighted by molar-refractivity contribution is 5.93. The van der Waals surface area contributed by atoms with E-state index in [0.717, 1.165) is 17.2 Å². The van der Waals surface area contributed by atoms with E-state index in [9.17, 15) is 29.7 Å². The Kier molecular flexibility index (Phi) is 11.5. The van der Waals surface area contributed by atoms with Gasteiger partial charge in [-0.25, -0.2) is 19.4 Å². The number of pyridine rings is 1. The maximum absolute atomic E-state index is 11.9. The zero-order chi connectivity index (χ0) is 31.2. The van der Waals surface area contributed by atoms with Gasteiger partial charge in [0.25, 0.3) is 0 Å². The van der Waals surface area contributed by atoms with Crippen LogP contribution in [0.2, 0.25) is 0 Å². The summed E-state index contributed by atoms with van der Waals surface area (Å²) >= 11 is 0. The van der Waals surface area contributed by atoms with Crippen LogP contribution in [0.15, 0.2) is 120 Å². The number of aromatic carboxylic acids is 1. The molecule has 3 aromatic rings. The lowest BCUT2D eigenvalue weighted by molar-refractivity contribution is -0.133. The Labute approximate surface area is 248 Å². The van der Waals surface area contributed by atoms with E-state index in [1.165, 1.54) is 30.4 Å². The van der Waals surface area contributed by atoms with E-state index in [1.54, 1.807) is 12.2 Å². The normalized spacial score (nSPS) is 13.0. The number of aliphatic carboxylic acids is 2. The Balaban J connectivity index is 1.81. The molecular formula is C34H31N3O6. The summed E-state index contributed by atoms with van der Waals surface area (Å²) in [5.41, 5.74) is 14.1. The molecule has 1 aromatic heterocycles. The summed E-state index contributed by atoms with van der Waals surface area (Å²) in [7, 11) is 0. The molecule has 0 saturated carbocycles. The Hall–Kier alpha value is -5.96. The molecule has 9 nitrogen and oxygen atoms in total. The third-order valence-electron chi connectivity index (χ3n) is 5.92. The number of rotatable bonds is 13. The lowest BCUT2D eigenvalue weighted by atomic mass is 10.1. The summed E-state index contributed by atoms with van der Waals surface area (Å²) in [5.74, 6) is -3.69. The number of allylic oxidation sites excluding steroid dienone is 3. The monoisotopic (exact) mass is 577 g/mol. The number of nitrogens with two attached hydrogens (primary N) is 2. The Morgan fingerprint density at radius 2 is 1.30 bits per heavy atom. The number of carboxylic acid groups (broad SMARTS) is 3. The lowest BCUT2D eigenvalue weighted by Crippen LogP contribution is -2.08. The molecule has 1 heterocycles. The summed E-state index contributed by atoms with van der Waals surface area (Å²) in [6, 6.07) is 21.5. The van der Waals surface area contributed by atoms with Crippen molar-refractivity contribution in [3.05, 3.63) is 148 Å². The molecule has 7 N–H and O–H groups in total. The van der Waals surface area contributed by atoms with Crippen LogP contribution in [0.5, 0.6) is 0 Å². The third kappa shape index (κ3) is 10.5. The van der Waals surface area contributed by atoms with Gasteiger partial charge in [0.2, 0.25) is 0 Å². The molecule has 0 aliphatic heterocycles. The second-order valence-electron chi connectivity index (χ2n) is 9.22. The Bertz CT molecular complexity index is 1650. The molecule has 43 heavy (non-hydrogen) atoms. The lowest BCUT2D eigenvalue weighted by Gasteiger charge is -2.06. The van der Waals surface area contributed by atoms with E-state index in [-0.39, 0.29) is 40.2 Å². The van der Waals surface area contributed by atoms with Gasteiger partial charge in [-0.15, -0.1) is 0 Å². The van der Waals surface area contributed by atoms with E-state index < -0.39 is 17.9 Å². The first-order chi connectivity index (χ1) is 20.6. The number of aromatic nitrogens is 1. The summed E-state index contributed by atoms with van der Waals surface area (Å²) in [4.78, 5) is 39.7. The first-order valence-electron chi connectivity index (χ1n) is 13.1. The largest absolute Gasteiger partial charge is 0.478 e. The van der Waals surface area contributed by atoms with Gasteiger partial charge in [0.1, 0.15) is 0 Å². The number of carboxylic acids is 3. The second kappa shape index (κ2) is 15.7. The van der Waals surface area contributed by atoms with Crippen LogP contribution in [0.4, 0.5) is 0 Å². The van der Waals surface area contributed by atoms with Crippen LogP contribution < -0.4 is 11.5 Å². The number of hydrogen-bond donors (Lipinski definition) is 5. The van der Waals surface area contributed by atoms with Crippen molar-refractivity contribution < 1.29 is 29.7 Å². The topological polar surface area (TPSA) is 177 Å². The summed E-state index contributed by atoms with van der Waals surface area (Å²) in [5, 5.41) is 28.8. The van der Waals surface area contributed by atoms with Crippen molar-refractivity contribution in [1.29, 1.82) is 0 Å². The van der Waals surface area contributed by atoms with Gasteiger partial charge in [0.05, 0.1) is 33.8 Å². The quantitative estimate of drug-likeness (QED) is 0.128. The van der Waals surface area contributed by atoms with Gasteiger partial charge in [-0.3, -0.25) is 0 Å². The van der Waals surface area contributed by atoms with Gasteiger partial charge in [-0.05, 0) is 47.9 Å². The molecule has 0 aliphatic carbocycles. The molecule has 218 valence electrons. The Morgan fingerprint density at radius 1 is 0.721 bits per heavy atom. The molecule has 0 amide bonds. The van der Waals surface area contributed by atoms with Gasteiger partial charge in [-0.2, -0.15) is 0 Å². The van der Waals surface area contributed by atoms with Crippen LogP contribution in [0.25, 0.3) is 23.9 Å². The van der Waals surface area contributed by atoms with Gasteiger partial charge in [0, 0.05) is 12.1 Å². The van der Waals surface area contributed by atoms with Gasteiger partial charge in [-0.1, -0.05) is 91.0 Å². The van der Waals surface area contributed by atoms with Crippen molar-refractivity contribution in [2.45, 2.75) is 12.8 Å². The van der Waals surface area contributed by atoms with Crippen molar-refractivity contribution in [2.24, 2.45) is 11.5 Å². The summed E-state index contributed by atoms with van der Waals surface area (Å²) in [6.45, 7) is 0. The first kappa shape index (κ1) is 31.6. The standard InChI is InChI=1S/C34H31N3O6/c35-28(19-25(32(38)39)14-8-7-13-23-9-3-1-4-10-23)17-16-26(33(40)41)21-30(36)31-22-27(34(42)43)20-29(37-31)18-15-24-11-5-2-6-12-24/h1-7,9-16,18-22H,8,17,35-36H2,(H,38,39)(H,40,41)(H,42,43)/b13-7+,18-15+,25-14+,26-16+,28-19-,30-21-. The van der Waals surface area contributed by atoms with E-state index >= 15 is 0 Å². The van der Waals surface area contributed by atoms with Gasteiger partial charge in [0.15, 0.2) is 0 Å². The van der Waals surface area contributed by atoms with Crippen molar-refractivity contribution >= 4 is 41.8 Å². The van der Waals surface area contributed by atoms with Crippen molar-refractivity contribution in [3.8, 4) is 0 Å². The minimum atomic E-state index is -1.31. The average Bonchev–Trinajstić information content (AvgIpc) is 3.00. The van der Waals surface area contributed by atoms with Crippen LogP contribution in [0, 0.1) is 0 Å². The van der Waals surface area contributed by atoms with Crippen LogP contribution in [-0.2, 0) is 9.59 Å². The highest BCUT2D eigenvalue weighted by atomic mass is 16.4. The predicted molar refractivity (Wildman–Crippen MR) is 167 cm³/mol. The van der Waals surface area contributed by atoms with E-state index in [2.05, 4.69) is 4.98 Å². The summed E-state index contributed by atoms with van der Waals surface area (Å²) in [6.07, 6.45) is 12.5. The maximum Gasteiger partial charge on any atom is 0.335 e. The van der Waals surface area contributed by atoms with Crippen LogP contribution in [-0.4, -0.2) is 38.2 Å². The number of carbonyl (C=O) groups is 3. The van der Waals surface area contributed by atoms with E-state index in [0.29, 0.717) is 12.1 Å². The van der Waals surface area contributed by atoms with Gasteiger partial charge >= 0.3 is 17.9 Å².